The first-order valence-corrected chi connectivity index (χ1v) is 12.0. The van der Waals surface area contributed by atoms with Gasteiger partial charge >= 0.3 is 5.97 Å². The van der Waals surface area contributed by atoms with Crippen molar-refractivity contribution < 1.29 is 19.7 Å². The number of esters is 1. The zero-order chi connectivity index (χ0) is 20.9. The molecule has 2 unspecified atom stereocenters. The lowest BCUT2D eigenvalue weighted by Crippen LogP contribution is -2.50. The van der Waals surface area contributed by atoms with Gasteiger partial charge < -0.3 is 14.9 Å². The summed E-state index contributed by atoms with van der Waals surface area (Å²) in [5, 5.41) is 24.8. The minimum absolute atomic E-state index is 0.0674. The average Bonchev–Trinajstić information content (AvgIpc) is 3.30. The van der Waals surface area contributed by atoms with E-state index in [4.69, 9.17) is 4.74 Å². The van der Waals surface area contributed by atoms with Gasteiger partial charge in [-0.3, -0.25) is 4.79 Å². The van der Waals surface area contributed by atoms with E-state index in [0.29, 0.717) is 24.9 Å². The van der Waals surface area contributed by atoms with Crippen LogP contribution in [0, 0.1) is 28.6 Å². The highest BCUT2D eigenvalue weighted by molar-refractivity contribution is 7.09. The first-order valence-electron chi connectivity index (χ1n) is 11.1. The van der Waals surface area contributed by atoms with Gasteiger partial charge in [-0.2, -0.15) is 0 Å². The van der Waals surface area contributed by atoms with Gasteiger partial charge in [0.15, 0.2) is 0 Å². The maximum Gasteiger partial charge on any atom is 0.302 e. The Bertz CT molecular complexity index is 739. The molecule has 1 aromatic rings. The lowest BCUT2D eigenvalue weighted by atomic mass is 9.52. The van der Waals surface area contributed by atoms with Crippen LogP contribution in [0.2, 0.25) is 0 Å². The van der Waals surface area contributed by atoms with Crippen molar-refractivity contribution in [2.45, 2.75) is 83.8 Å². The SMILES string of the molecule is CC(=O)OC[C@H]1CC(O)CC[C@]1(C)[C@H]1CCC2(C)[C@@H](CC[C@@]2(O)c2nccs2)C1. The largest absolute Gasteiger partial charge is 0.466 e. The molecule has 7 atom stereocenters. The Morgan fingerprint density at radius 1 is 1.21 bits per heavy atom. The molecular weight excluding hydrogens is 386 g/mol. The summed E-state index contributed by atoms with van der Waals surface area (Å²) < 4.78 is 5.41. The van der Waals surface area contributed by atoms with Crippen LogP contribution >= 0.6 is 11.3 Å². The first kappa shape index (κ1) is 21.3. The quantitative estimate of drug-likeness (QED) is 0.710. The van der Waals surface area contributed by atoms with E-state index in [1.54, 1.807) is 17.5 Å². The molecule has 29 heavy (non-hydrogen) atoms. The molecule has 0 aliphatic heterocycles. The van der Waals surface area contributed by atoms with Crippen molar-refractivity contribution in [2.75, 3.05) is 6.61 Å². The van der Waals surface area contributed by atoms with E-state index in [2.05, 4.69) is 18.8 Å². The van der Waals surface area contributed by atoms with Crippen LogP contribution in [0.25, 0.3) is 0 Å². The zero-order valence-corrected chi connectivity index (χ0v) is 18.7. The molecule has 0 aromatic carbocycles. The third-order valence-corrected chi connectivity index (χ3v) is 9.92. The van der Waals surface area contributed by atoms with Gasteiger partial charge in [0.1, 0.15) is 10.6 Å². The van der Waals surface area contributed by atoms with Crippen LogP contribution in [0.5, 0.6) is 0 Å². The number of hydrogen-bond donors (Lipinski definition) is 2. The van der Waals surface area contributed by atoms with E-state index in [-0.39, 0.29) is 28.8 Å². The predicted octanol–water partition coefficient (Wildman–Crippen LogP) is 4.28. The van der Waals surface area contributed by atoms with E-state index in [1.165, 1.54) is 6.92 Å². The molecule has 0 spiro atoms. The van der Waals surface area contributed by atoms with Crippen molar-refractivity contribution in [1.82, 2.24) is 4.98 Å². The van der Waals surface area contributed by atoms with Gasteiger partial charge in [-0.1, -0.05) is 13.8 Å². The average molecular weight is 422 g/mol. The minimum Gasteiger partial charge on any atom is -0.466 e. The smallest absolute Gasteiger partial charge is 0.302 e. The maximum absolute atomic E-state index is 11.7. The van der Waals surface area contributed by atoms with Crippen molar-refractivity contribution in [1.29, 1.82) is 0 Å². The molecule has 0 saturated heterocycles. The lowest BCUT2D eigenvalue weighted by molar-refractivity contribution is -0.150. The number of rotatable bonds is 4. The second-order valence-corrected chi connectivity index (χ2v) is 11.1. The molecule has 1 aromatic heterocycles. The van der Waals surface area contributed by atoms with Gasteiger partial charge in [0.05, 0.1) is 12.7 Å². The summed E-state index contributed by atoms with van der Waals surface area (Å²) in [5.74, 6) is 0.970. The lowest BCUT2D eigenvalue weighted by Gasteiger charge is -2.54. The first-order chi connectivity index (χ1) is 13.7. The Hall–Kier alpha value is -0.980. The van der Waals surface area contributed by atoms with E-state index >= 15 is 0 Å². The van der Waals surface area contributed by atoms with E-state index < -0.39 is 5.60 Å². The van der Waals surface area contributed by atoms with Crippen LogP contribution in [0.15, 0.2) is 11.6 Å². The monoisotopic (exact) mass is 421 g/mol. The summed E-state index contributed by atoms with van der Waals surface area (Å²) in [6.07, 6.45) is 9.03. The van der Waals surface area contributed by atoms with Crippen LogP contribution in [-0.4, -0.2) is 33.9 Å². The molecular formula is C23H35NO4S. The Kier molecular flexibility index (Phi) is 5.58. The number of carbonyl (C=O) groups excluding carboxylic acids is 1. The van der Waals surface area contributed by atoms with Gasteiger partial charge in [0.2, 0.25) is 0 Å². The molecule has 3 saturated carbocycles. The van der Waals surface area contributed by atoms with E-state index in [0.717, 1.165) is 50.0 Å². The van der Waals surface area contributed by atoms with Gasteiger partial charge in [0, 0.05) is 29.8 Å². The number of carbonyl (C=O) groups is 1. The molecule has 3 fully saturated rings. The van der Waals surface area contributed by atoms with Crippen molar-refractivity contribution in [2.24, 2.45) is 28.6 Å². The molecule has 1 heterocycles. The van der Waals surface area contributed by atoms with Gasteiger partial charge in [-0.05, 0) is 68.6 Å². The Balaban J connectivity index is 1.54. The molecule has 2 N–H and O–H groups in total. The Morgan fingerprint density at radius 3 is 2.66 bits per heavy atom. The molecule has 0 amide bonds. The molecule has 4 rings (SSSR count). The topological polar surface area (TPSA) is 79.7 Å². The van der Waals surface area contributed by atoms with Crippen molar-refractivity contribution >= 4 is 17.3 Å². The highest BCUT2D eigenvalue weighted by Gasteiger charge is 2.61. The predicted molar refractivity (Wildman–Crippen MR) is 112 cm³/mol. The molecule has 0 radical (unpaired) electrons. The van der Waals surface area contributed by atoms with Crippen molar-refractivity contribution in [3.63, 3.8) is 0 Å². The van der Waals surface area contributed by atoms with Crippen LogP contribution in [0.1, 0.15) is 77.1 Å². The summed E-state index contributed by atoms with van der Waals surface area (Å²) in [6, 6.07) is 0. The second kappa shape index (κ2) is 7.61. The van der Waals surface area contributed by atoms with Crippen molar-refractivity contribution in [3.8, 4) is 0 Å². The number of aliphatic hydroxyl groups excluding tert-OH is 1. The molecule has 3 aliphatic rings. The highest BCUT2D eigenvalue weighted by atomic mass is 32.1. The minimum atomic E-state index is -0.808. The number of hydrogen-bond acceptors (Lipinski definition) is 6. The van der Waals surface area contributed by atoms with E-state index in [1.807, 2.05) is 5.38 Å². The zero-order valence-electron chi connectivity index (χ0n) is 17.9. The number of ether oxygens (including phenoxy) is 1. The summed E-state index contributed by atoms with van der Waals surface area (Å²) in [5.41, 5.74) is -0.868. The third-order valence-electron chi connectivity index (χ3n) is 8.99. The maximum atomic E-state index is 11.7. The highest BCUT2D eigenvalue weighted by Crippen LogP contribution is 2.65. The van der Waals surface area contributed by atoms with Crippen LogP contribution in [-0.2, 0) is 15.1 Å². The van der Waals surface area contributed by atoms with Crippen LogP contribution < -0.4 is 0 Å². The molecule has 0 bridgehead atoms. The fourth-order valence-electron chi connectivity index (χ4n) is 6.84. The summed E-state index contributed by atoms with van der Waals surface area (Å²) >= 11 is 1.57. The van der Waals surface area contributed by atoms with Gasteiger partial charge in [0.25, 0.3) is 0 Å². The summed E-state index contributed by atoms with van der Waals surface area (Å²) in [4.78, 5) is 15.9. The number of thiazole rings is 1. The molecule has 6 heteroatoms. The van der Waals surface area contributed by atoms with Gasteiger partial charge in [-0.25, -0.2) is 4.98 Å². The molecule has 5 nitrogen and oxygen atoms in total. The van der Waals surface area contributed by atoms with Crippen LogP contribution in [0.3, 0.4) is 0 Å². The standard InChI is InChI=1S/C23H35NO4S/c1-15(25)28-14-18-13-19(26)6-7-21(18,2)16-4-8-22(3)17(12-16)5-9-23(22,27)20-24-10-11-29-20/h10-11,16-19,26-27H,4-9,12-14H2,1-3H3/t16-,17-,18+,19?,21+,22?,23+/m0/s1. The van der Waals surface area contributed by atoms with Crippen LogP contribution in [0.4, 0.5) is 0 Å². The number of aliphatic hydroxyl groups is 2. The second-order valence-electron chi connectivity index (χ2n) is 10.3. The Labute approximate surface area is 177 Å². The molecule has 3 aliphatic carbocycles. The van der Waals surface area contributed by atoms with Gasteiger partial charge in [-0.15, -0.1) is 11.3 Å². The normalized spacial score (nSPS) is 45.0. The number of fused-ring (bicyclic) bond motifs is 1. The van der Waals surface area contributed by atoms with Crippen molar-refractivity contribution in [3.05, 3.63) is 16.6 Å². The third kappa shape index (κ3) is 3.45. The van der Waals surface area contributed by atoms with E-state index in [9.17, 15) is 15.0 Å². The number of aromatic nitrogens is 1. The molecule has 162 valence electrons. The number of nitrogens with zero attached hydrogens (tertiary/aromatic N) is 1. The summed E-state index contributed by atoms with van der Waals surface area (Å²) in [7, 11) is 0. The fourth-order valence-corrected chi connectivity index (χ4v) is 7.74. The fraction of sp³-hybridized carbons (Fsp3) is 0.826. The summed E-state index contributed by atoms with van der Waals surface area (Å²) in [6.45, 7) is 6.49. The Morgan fingerprint density at radius 2 is 1.97 bits per heavy atom.